The van der Waals surface area contributed by atoms with Crippen LogP contribution in [0.2, 0.25) is 0 Å². The normalized spacial score (nSPS) is 15.4. The Balaban J connectivity index is 1.37. The van der Waals surface area contributed by atoms with Gasteiger partial charge in [-0.25, -0.2) is 4.39 Å². The zero-order valence-corrected chi connectivity index (χ0v) is 14.4. The van der Waals surface area contributed by atoms with Crippen LogP contribution in [0.5, 0.6) is 0 Å². The van der Waals surface area contributed by atoms with Crippen LogP contribution in [-0.2, 0) is 4.79 Å². The molecule has 0 unspecified atom stereocenters. The van der Waals surface area contributed by atoms with Crippen LogP contribution in [0, 0.1) is 18.7 Å². The molecular weight excluding hydrogens is 335 g/mol. The number of hydrogen-bond donors (Lipinski definition) is 1. The van der Waals surface area contributed by atoms with Crippen LogP contribution in [-0.4, -0.2) is 38.8 Å². The summed E-state index contributed by atoms with van der Waals surface area (Å²) in [5.74, 6) is 0.384. The lowest BCUT2D eigenvalue weighted by Gasteiger charge is -2.32. The van der Waals surface area contributed by atoms with Crippen molar-refractivity contribution in [3.05, 3.63) is 48.0 Å². The molecule has 3 aromatic rings. The van der Waals surface area contributed by atoms with Gasteiger partial charge in [0.2, 0.25) is 5.91 Å². The molecule has 8 heteroatoms. The molecule has 1 saturated heterocycles. The fourth-order valence-corrected chi connectivity index (χ4v) is 3.17. The van der Waals surface area contributed by atoms with Crippen molar-refractivity contribution < 1.29 is 9.18 Å². The van der Waals surface area contributed by atoms with E-state index in [1.807, 2.05) is 12.1 Å². The highest BCUT2D eigenvalue weighted by Crippen LogP contribution is 2.23. The molecule has 0 aliphatic carbocycles. The topological polar surface area (TPSA) is 75.4 Å². The molecule has 1 amide bonds. The van der Waals surface area contributed by atoms with E-state index in [2.05, 4.69) is 25.5 Å². The van der Waals surface area contributed by atoms with Gasteiger partial charge in [0.1, 0.15) is 18.0 Å². The molecule has 1 aliphatic heterocycles. The van der Waals surface area contributed by atoms with E-state index in [4.69, 9.17) is 0 Å². The smallest absolute Gasteiger partial charge is 0.227 e. The maximum Gasteiger partial charge on any atom is 0.227 e. The lowest BCUT2D eigenvalue weighted by molar-refractivity contribution is -0.120. The monoisotopic (exact) mass is 354 g/mol. The van der Waals surface area contributed by atoms with Gasteiger partial charge in [-0.2, -0.15) is 4.52 Å². The number of amides is 1. The van der Waals surface area contributed by atoms with E-state index in [1.54, 1.807) is 29.9 Å². The van der Waals surface area contributed by atoms with Crippen molar-refractivity contribution in [3.8, 4) is 0 Å². The molecule has 134 valence electrons. The molecule has 0 saturated carbocycles. The van der Waals surface area contributed by atoms with Gasteiger partial charge in [0.25, 0.3) is 0 Å². The molecule has 3 heterocycles. The third-order valence-corrected chi connectivity index (χ3v) is 4.78. The van der Waals surface area contributed by atoms with Gasteiger partial charge in [0.15, 0.2) is 5.65 Å². The molecule has 1 N–H and O–H groups in total. The molecule has 26 heavy (non-hydrogen) atoms. The van der Waals surface area contributed by atoms with Crippen molar-refractivity contribution in [2.45, 2.75) is 19.8 Å². The van der Waals surface area contributed by atoms with Gasteiger partial charge in [0, 0.05) is 24.7 Å². The predicted octanol–water partition coefficient (Wildman–Crippen LogP) is 2.43. The fourth-order valence-electron chi connectivity index (χ4n) is 3.17. The number of carbonyl (C=O) groups is 1. The zero-order chi connectivity index (χ0) is 18.1. The molecule has 0 atom stereocenters. The van der Waals surface area contributed by atoms with Crippen molar-refractivity contribution in [1.29, 1.82) is 0 Å². The summed E-state index contributed by atoms with van der Waals surface area (Å²) >= 11 is 0. The summed E-state index contributed by atoms with van der Waals surface area (Å²) < 4.78 is 15.3. The van der Waals surface area contributed by atoms with Gasteiger partial charge in [-0.3, -0.25) is 4.79 Å². The van der Waals surface area contributed by atoms with Crippen molar-refractivity contribution in [2.24, 2.45) is 5.92 Å². The van der Waals surface area contributed by atoms with E-state index in [-0.39, 0.29) is 17.6 Å². The molecule has 1 fully saturated rings. The van der Waals surface area contributed by atoms with Gasteiger partial charge in [-0.05, 0) is 49.6 Å². The fraction of sp³-hybridized carbons (Fsp3) is 0.333. The summed E-state index contributed by atoms with van der Waals surface area (Å²) in [6.07, 6.45) is 3.02. The number of anilines is 2. The van der Waals surface area contributed by atoms with Crippen LogP contribution in [0.1, 0.15) is 18.4 Å². The van der Waals surface area contributed by atoms with Crippen LogP contribution in [0.15, 0.2) is 36.7 Å². The molecule has 0 bridgehead atoms. The Labute approximate surface area is 149 Å². The standard InChI is InChI=1S/C18H19FN6O/c1-12-2-3-14(10-15(12)19)21-18(26)13-6-8-24(9-7-13)17-5-4-16-22-20-11-25(16)23-17/h2-5,10-11,13H,6-9H2,1H3,(H,21,26). The van der Waals surface area contributed by atoms with E-state index in [1.165, 1.54) is 6.07 Å². The Morgan fingerprint density at radius 3 is 2.81 bits per heavy atom. The summed E-state index contributed by atoms with van der Waals surface area (Å²) in [4.78, 5) is 14.6. The van der Waals surface area contributed by atoms with Gasteiger partial charge in [-0.1, -0.05) is 6.07 Å². The van der Waals surface area contributed by atoms with Gasteiger partial charge >= 0.3 is 0 Å². The van der Waals surface area contributed by atoms with Crippen molar-refractivity contribution >= 4 is 23.1 Å². The minimum atomic E-state index is -0.312. The van der Waals surface area contributed by atoms with Crippen LogP contribution < -0.4 is 10.2 Å². The molecule has 0 radical (unpaired) electrons. The molecule has 1 aromatic carbocycles. The molecular formula is C18H19FN6O. The Morgan fingerprint density at radius 2 is 2.04 bits per heavy atom. The molecule has 1 aliphatic rings. The summed E-state index contributed by atoms with van der Waals surface area (Å²) in [5.41, 5.74) is 1.77. The summed E-state index contributed by atoms with van der Waals surface area (Å²) in [5, 5.41) is 15.1. The van der Waals surface area contributed by atoms with E-state index in [0.717, 1.165) is 31.7 Å². The third kappa shape index (κ3) is 3.22. The number of carbonyl (C=O) groups excluding carboxylic acids is 1. The first-order chi connectivity index (χ1) is 12.6. The highest BCUT2D eigenvalue weighted by molar-refractivity contribution is 5.92. The summed E-state index contributed by atoms with van der Waals surface area (Å²) in [6.45, 7) is 3.17. The Kier molecular flexibility index (Phi) is 4.24. The Hall–Kier alpha value is -3.03. The Morgan fingerprint density at radius 1 is 1.23 bits per heavy atom. The molecule has 4 rings (SSSR count). The van der Waals surface area contributed by atoms with E-state index in [9.17, 15) is 9.18 Å². The first kappa shape index (κ1) is 16.4. The number of nitrogens with zero attached hydrogens (tertiary/aromatic N) is 5. The second kappa shape index (κ2) is 6.70. The lowest BCUT2D eigenvalue weighted by atomic mass is 9.95. The summed E-state index contributed by atoms with van der Waals surface area (Å²) in [7, 11) is 0. The predicted molar refractivity (Wildman–Crippen MR) is 95.5 cm³/mol. The maximum absolute atomic E-state index is 13.6. The number of rotatable bonds is 3. The Bertz CT molecular complexity index is 948. The van der Waals surface area contributed by atoms with Gasteiger partial charge in [0.05, 0.1) is 0 Å². The van der Waals surface area contributed by atoms with Crippen LogP contribution in [0.25, 0.3) is 5.65 Å². The van der Waals surface area contributed by atoms with E-state index >= 15 is 0 Å². The highest BCUT2D eigenvalue weighted by Gasteiger charge is 2.26. The lowest BCUT2D eigenvalue weighted by Crippen LogP contribution is -2.38. The second-order valence-corrected chi connectivity index (χ2v) is 6.54. The quantitative estimate of drug-likeness (QED) is 0.782. The first-order valence-corrected chi connectivity index (χ1v) is 8.59. The number of fused-ring (bicyclic) bond motifs is 1. The van der Waals surface area contributed by atoms with E-state index in [0.29, 0.717) is 16.9 Å². The van der Waals surface area contributed by atoms with Crippen molar-refractivity contribution in [2.75, 3.05) is 23.3 Å². The molecule has 2 aromatic heterocycles. The first-order valence-electron chi connectivity index (χ1n) is 8.59. The number of nitrogens with one attached hydrogen (secondary N) is 1. The number of aryl methyl sites for hydroxylation is 1. The number of piperidine rings is 1. The minimum Gasteiger partial charge on any atom is -0.355 e. The van der Waals surface area contributed by atoms with E-state index < -0.39 is 0 Å². The zero-order valence-electron chi connectivity index (χ0n) is 14.4. The van der Waals surface area contributed by atoms with Crippen LogP contribution in [0.3, 0.4) is 0 Å². The third-order valence-electron chi connectivity index (χ3n) is 4.78. The molecule has 7 nitrogen and oxygen atoms in total. The van der Waals surface area contributed by atoms with Crippen LogP contribution >= 0.6 is 0 Å². The summed E-state index contributed by atoms with van der Waals surface area (Å²) in [6, 6.07) is 8.55. The second-order valence-electron chi connectivity index (χ2n) is 6.54. The average Bonchev–Trinajstić information content (AvgIpc) is 3.12. The number of hydrogen-bond acceptors (Lipinski definition) is 5. The maximum atomic E-state index is 13.6. The average molecular weight is 354 g/mol. The van der Waals surface area contributed by atoms with Crippen molar-refractivity contribution in [3.63, 3.8) is 0 Å². The largest absolute Gasteiger partial charge is 0.355 e. The molecule has 0 spiro atoms. The number of aromatic nitrogens is 4. The van der Waals surface area contributed by atoms with Gasteiger partial charge < -0.3 is 10.2 Å². The SMILES string of the molecule is Cc1ccc(NC(=O)C2CCN(c3ccc4nncn4n3)CC2)cc1F. The van der Waals surface area contributed by atoms with Crippen molar-refractivity contribution in [1.82, 2.24) is 19.8 Å². The number of halogens is 1. The highest BCUT2D eigenvalue weighted by atomic mass is 19.1. The van der Waals surface area contributed by atoms with Crippen LogP contribution in [0.4, 0.5) is 15.9 Å². The number of benzene rings is 1. The minimum absolute atomic E-state index is 0.0601. The van der Waals surface area contributed by atoms with Gasteiger partial charge in [-0.15, -0.1) is 15.3 Å².